The Hall–Kier alpha value is -0.610. The summed E-state index contributed by atoms with van der Waals surface area (Å²) in [7, 11) is 0. The van der Waals surface area contributed by atoms with Crippen LogP contribution in [0, 0.1) is 23.7 Å². The van der Waals surface area contributed by atoms with Crippen molar-refractivity contribution in [1.82, 2.24) is 10.2 Å². The molecule has 0 spiro atoms. The van der Waals surface area contributed by atoms with Crippen LogP contribution in [0.5, 0.6) is 0 Å². The van der Waals surface area contributed by atoms with Crippen LogP contribution in [0.1, 0.15) is 33.1 Å². The highest BCUT2D eigenvalue weighted by Gasteiger charge is 2.44. The van der Waals surface area contributed by atoms with Gasteiger partial charge < -0.3 is 10.1 Å². The van der Waals surface area contributed by atoms with Gasteiger partial charge in [0.15, 0.2) is 0 Å². The van der Waals surface area contributed by atoms with Crippen LogP contribution in [-0.2, 0) is 9.53 Å². The van der Waals surface area contributed by atoms with Crippen molar-refractivity contribution < 1.29 is 9.53 Å². The maximum absolute atomic E-state index is 11.8. The van der Waals surface area contributed by atoms with Gasteiger partial charge in [0.05, 0.1) is 0 Å². The molecule has 2 heterocycles. The number of hydrogen-bond donors (Lipinski definition) is 1. The molecule has 5 atom stereocenters. The first-order chi connectivity index (χ1) is 9.13. The van der Waals surface area contributed by atoms with E-state index in [0.29, 0.717) is 24.2 Å². The summed E-state index contributed by atoms with van der Waals surface area (Å²) in [6, 6.07) is 0. The summed E-state index contributed by atoms with van der Waals surface area (Å²) in [6.07, 6.45) is 3.10. The van der Waals surface area contributed by atoms with Gasteiger partial charge in [0.2, 0.25) is 0 Å². The second kappa shape index (κ2) is 5.41. The van der Waals surface area contributed by atoms with E-state index < -0.39 is 0 Å². The van der Waals surface area contributed by atoms with Crippen LogP contribution in [0.2, 0.25) is 0 Å². The second-order valence-corrected chi connectivity index (χ2v) is 6.82. The maximum Gasteiger partial charge on any atom is 0.306 e. The number of fused-ring (bicyclic) bond motifs is 1. The minimum Gasteiger partial charge on any atom is -0.462 e. The van der Waals surface area contributed by atoms with Crippen LogP contribution in [-0.4, -0.2) is 43.3 Å². The van der Waals surface area contributed by atoms with Crippen molar-refractivity contribution in [2.45, 2.75) is 39.2 Å². The van der Waals surface area contributed by atoms with Gasteiger partial charge in [-0.25, -0.2) is 0 Å². The number of ether oxygens (including phenoxy) is 1. The monoisotopic (exact) mass is 266 g/mol. The molecule has 1 saturated carbocycles. The zero-order valence-corrected chi connectivity index (χ0v) is 12.1. The van der Waals surface area contributed by atoms with Gasteiger partial charge in [0.25, 0.3) is 0 Å². The molecule has 3 fully saturated rings. The number of carbonyl (C=O) groups excluding carboxylic acids is 1. The summed E-state index contributed by atoms with van der Waals surface area (Å²) >= 11 is 0. The highest BCUT2D eigenvalue weighted by atomic mass is 16.5. The molecule has 0 amide bonds. The van der Waals surface area contributed by atoms with E-state index >= 15 is 0 Å². The Morgan fingerprint density at radius 1 is 1.32 bits per heavy atom. The Balaban J connectivity index is 1.68. The lowest BCUT2D eigenvalue weighted by Gasteiger charge is -2.45. The molecule has 0 radical (unpaired) electrons. The number of nitrogens with one attached hydrogen (secondary N) is 1. The number of rotatable bonds is 2. The van der Waals surface area contributed by atoms with E-state index in [-0.39, 0.29) is 12.1 Å². The van der Waals surface area contributed by atoms with Crippen molar-refractivity contribution in [2.75, 3.05) is 26.3 Å². The third kappa shape index (κ3) is 2.79. The van der Waals surface area contributed by atoms with E-state index in [1.165, 1.54) is 6.42 Å². The molecule has 19 heavy (non-hydrogen) atoms. The van der Waals surface area contributed by atoms with Gasteiger partial charge in [-0.3, -0.25) is 9.69 Å². The van der Waals surface area contributed by atoms with Gasteiger partial charge in [-0.05, 0) is 30.6 Å². The molecular weight excluding hydrogens is 240 g/mol. The summed E-state index contributed by atoms with van der Waals surface area (Å²) in [6.45, 7) is 8.89. The van der Waals surface area contributed by atoms with Crippen LogP contribution < -0.4 is 5.32 Å². The van der Waals surface area contributed by atoms with Crippen molar-refractivity contribution in [3.8, 4) is 0 Å². The first-order valence-corrected chi connectivity index (χ1v) is 7.76. The van der Waals surface area contributed by atoms with Crippen molar-refractivity contribution in [2.24, 2.45) is 23.7 Å². The van der Waals surface area contributed by atoms with Crippen LogP contribution in [0.25, 0.3) is 0 Å². The highest BCUT2D eigenvalue weighted by molar-refractivity contribution is 5.70. The third-order valence-corrected chi connectivity index (χ3v) is 5.45. The Morgan fingerprint density at radius 2 is 2.11 bits per heavy atom. The standard InChI is InChI=1S/C15H26N2O2/c1-10-5-13-12(8-17-4-3-16-9-17)7-15(18)19-14(13)6-11(10)2/h10-14,16H,3-9H2,1-2H3. The Labute approximate surface area is 115 Å². The molecule has 5 unspecified atom stereocenters. The molecular formula is C15H26N2O2. The van der Waals surface area contributed by atoms with Gasteiger partial charge in [-0.15, -0.1) is 0 Å². The van der Waals surface area contributed by atoms with Crippen LogP contribution in [0.15, 0.2) is 0 Å². The largest absolute Gasteiger partial charge is 0.462 e. The van der Waals surface area contributed by atoms with Gasteiger partial charge in [-0.2, -0.15) is 0 Å². The predicted molar refractivity (Wildman–Crippen MR) is 73.5 cm³/mol. The first-order valence-electron chi connectivity index (χ1n) is 7.76. The number of nitrogens with zero attached hydrogens (tertiary/aromatic N) is 1. The fourth-order valence-corrected chi connectivity index (χ4v) is 4.04. The summed E-state index contributed by atoms with van der Waals surface area (Å²) in [4.78, 5) is 14.3. The second-order valence-electron chi connectivity index (χ2n) is 6.82. The minimum absolute atomic E-state index is 0.0279. The number of hydrogen-bond acceptors (Lipinski definition) is 4. The van der Waals surface area contributed by atoms with Gasteiger partial charge in [0, 0.05) is 38.6 Å². The predicted octanol–water partition coefficient (Wildman–Crippen LogP) is 1.46. The van der Waals surface area contributed by atoms with Crippen molar-refractivity contribution in [3.63, 3.8) is 0 Å². The molecule has 1 aliphatic carbocycles. The van der Waals surface area contributed by atoms with Gasteiger partial charge >= 0.3 is 5.97 Å². The zero-order valence-electron chi connectivity index (χ0n) is 12.1. The normalized spacial score (nSPS) is 43.9. The Bertz CT molecular complexity index is 341. The van der Waals surface area contributed by atoms with Crippen molar-refractivity contribution >= 4 is 5.97 Å². The van der Waals surface area contributed by atoms with Crippen LogP contribution >= 0.6 is 0 Å². The summed E-state index contributed by atoms with van der Waals surface area (Å²) < 4.78 is 5.63. The fraction of sp³-hybridized carbons (Fsp3) is 0.933. The summed E-state index contributed by atoms with van der Waals surface area (Å²) in [5.41, 5.74) is 0. The van der Waals surface area contributed by atoms with E-state index in [9.17, 15) is 4.79 Å². The fourth-order valence-electron chi connectivity index (χ4n) is 4.04. The SMILES string of the molecule is CC1CC2OC(=O)CC(CN3CCNC3)C2CC1C. The van der Waals surface area contributed by atoms with E-state index in [2.05, 4.69) is 24.1 Å². The highest BCUT2D eigenvalue weighted by Crippen LogP contribution is 2.43. The van der Waals surface area contributed by atoms with Crippen LogP contribution in [0.3, 0.4) is 0 Å². The molecule has 3 aliphatic rings. The van der Waals surface area contributed by atoms with E-state index in [1.807, 2.05) is 0 Å². The number of esters is 1. The smallest absolute Gasteiger partial charge is 0.306 e. The maximum atomic E-state index is 11.8. The molecule has 4 nitrogen and oxygen atoms in total. The minimum atomic E-state index is 0.0279. The third-order valence-electron chi connectivity index (χ3n) is 5.45. The Morgan fingerprint density at radius 3 is 2.84 bits per heavy atom. The lowest BCUT2D eigenvalue weighted by molar-refractivity contribution is -0.170. The molecule has 1 N–H and O–H groups in total. The molecule has 0 aromatic rings. The molecule has 0 bridgehead atoms. The molecule has 108 valence electrons. The lowest BCUT2D eigenvalue weighted by atomic mass is 9.67. The topological polar surface area (TPSA) is 41.6 Å². The molecule has 2 aliphatic heterocycles. The van der Waals surface area contributed by atoms with Crippen LogP contribution in [0.4, 0.5) is 0 Å². The molecule has 4 heteroatoms. The molecule has 3 rings (SSSR count). The lowest BCUT2D eigenvalue weighted by Crippen LogP contribution is -2.48. The van der Waals surface area contributed by atoms with Gasteiger partial charge in [0.1, 0.15) is 6.10 Å². The quantitative estimate of drug-likeness (QED) is 0.768. The van der Waals surface area contributed by atoms with E-state index in [4.69, 9.17) is 4.74 Å². The zero-order chi connectivity index (χ0) is 13.4. The Kier molecular flexibility index (Phi) is 3.81. The molecule has 0 aromatic carbocycles. The average molecular weight is 266 g/mol. The molecule has 2 saturated heterocycles. The number of carbonyl (C=O) groups is 1. The summed E-state index contributed by atoms with van der Waals surface area (Å²) in [5, 5.41) is 3.37. The first kappa shape index (κ1) is 13.4. The van der Waals surface area contributed by atoms with Crippen molar-refractivity contribution in [1.29, 1.82) is 0 Å². The molecule has 0 aromatic heterocycles. The summed E-state index contributed by atoms with van der Waals surface area (Å²) in [5.74, 6) is 2.56. The van der Waals surface area contributed by atoms with E-state index in [0.717, 1.165) is 38.6 Å². The average Bonchev–Trinajstić information content (AvgIpc) is 2.84. The van der Waals surface area contributed by atoms with Gasteiger partial charge in [-0.1, -0.05) is 13.8 Å². The van der Waals surface area contributed by atoms with E-state index in [1.54, 1.807) is 0 Å². The van der Waals surface area contributed by atoms with Crippen molar-refractivity contribution in [3.05, 3.63) is 0 Å².